The van der Waals surface area contributed by atoms with Crippen molar-refractivity contribution < 1.29 is 23.1 Å². The number of rotatable bonds is 8. The molecule has 7 heteroatoms. The molecule has 0 rings (SSSR count). The van der Waals surface area contributed by atoms with E-state index in [0.717, 1.165) is 0 Å². The molecule has 2 N–H and O–H groups in total. The lowest BCUT2D eigenvalue weighted by molar-refractivity contribution is -0.138. The highest BCUT2D eigenvalue weighted by Crippen LogP contribution is 2.22. The van der Waals surface area contributed by atoms with E-state index < -0.39 is 27.4 Å². The summed E-state index contributed by atoms with van der Waals surface area (Å²) in [6.45, 7) is 5.77. The summed E-state index contributed by atoms with van der Waals surface area (Å²) in [7, 11) is -1.97. The number of carbonyl (C=O) groups is 1. The Hall–Kier alpha value is -0.660. The maximum atomic E-state index is 11.8. The van der Waals surface area contributed by atoms with E-state index in [1.807, 2.05) is 0 Å². The second-order valence-corrected chi connectivity index (χ2v) is 7.17. The molecule has 0 fully saturated rings. The van der Waals surface area contributed by atoms with Crippen LogP contribution in [-0.4, -0.2) is 45.0 Å². The number of nitrogens with one attached hydrogen (secondary N) is 1. The van der Waals surface area contributed by atoms with Gasteiger partial charge >= 0.3 is 5.97 Å². The Morgan fingerprint density at radius 1 is 1.39 bits per heavy atom. The van der Waals surface area contributed by atoms with Gasteiger partial charge in [0.2, 0.25) is 10.0 Å². The van der Waals surface area contributed by atoms with Gasteiger partial charge < -0.3 is 9.84 Å². The van der Waals surface area contributed by atoms with Crippen LogP contribution >= 0.6 is 0 Å². The van der Waals surface area contributed by atoms with Crippen molar-refractivity contribution in [3.05, 3.63) is 0 Å². The molecular weight excluding hydrogens is 258 g/mol. The van der Waals surface area contributed by atoms with Gasteiger partial charge in [0.05, 0.1) is 12.2 Å². The fraction of sp³-hybridized carbons (Fsp3) is 0.909. The molecule has 0 amide bonds. The molecule has 0 heterocycles. The Bertz CT molecular complexity index is 358. The van der Waals surface area contributed by atoms with Crippen molar-refractivity contribution in [2.24, 2.45) is 5.41 Å². The highest BCUT2D eigenvalue weighted by atomic mass is 32.2. The summed E-state index contributed by atoms with van der Waals surface area (Å²) in [5.41, 5.74) is -0.452. The molecule has 0 aromatic rings. The van der Waals surface area contributed by atoms with Crippen LogP contribution in [0.15, 0.2) is 0 Å². The average Bonchev–Trinajstić information content (AvgIpc) is 2.14. The second-order valence-electron chi connectivity index (χ2n) is 5.30. The fourth-order valence-corrected chi connectivity index (χ4v) is 2.85. The van der Waals surface area contributed by atoms with Crippen molar-refractivity contribution in [2.75, 3.05) is 19.5 Å². The topological polar surface area (TPSA) is 92.7 Å². The Labute approximate surface area is 109 Å². The predicted octanol–water partition coefficient (Wildman–Crippen LogP) is 0.832. The lowest BCUT2D eigenvalue weighted by Gasteiger charge is -2.30. The maximum Gasteiger partial charge on any atom is 0.304 e. The van der Waals surface area contributed by atoms with Crippen molar-refractivity contribution in [1.29, 1.82) is 0 Å². The largest absolute Gasteiger partial charge is 0.481 e. The third-order valence-corrected chi connectivity index (χ3v) is 3.98. The van der Waals surface area contributed by atoms with Crippen molar-refractivity contribution in [1.82, 2.24) is 4.72 Å². The molecule has 0 aliphatic rings. The van der Waals surface area contributed by atoms with Crippen LogP contribution in [0, 0.1) is 5.41 Å². The van der Waals surface area contributed by atoms with Gasteiger partial charge in [-0.3, -0.25) is 4.79 Å². The Morgan fingerprint density at radius 3 is 2.33 bits per heavy atom. The molecule has 1 atom stereocenters. The van der Waals surface area contributed by atoms with Crippen molar-refractivity contribution in [3.63, 3.8) is 0 Å². The van der Waals surface area contributed by atoms with Gasteiger partial charge in [0.25, 0.3) is 0 Å². The van der Waals surface area contributed by atoms with E-state index in [1.165, 1.54) is 7.11 Å². The average molecular weight is 281 g/mol. The molecule has 0 aromatic carbocycles. The molecule has 18 heavy (non-hydrogen) atoms. The lowest BCUT2D eigenvalue weighted by atomic mass is 9.85. The van der Waals surface area contributed by atoms with Gasteiger partial charge in [0.1, 0.15) is 0 Å². The number of sulfonamides is 1. The molecule has 1 unspecified atom stereocenters. The van der Waals surface area contributed by atoms with Gasteiger partial charge in [-0.2, -0.15) is 0 Å². The van der Waals surface area contributed by atoms with E-state index >= 15 is 0 Å². The molecule has 0 radical (unpaired) electrons. The molecule has 0 saturated carbocycles. The third kappa shape index (κ3) is 7.62. The van der Waals surface area contributed by atoms with Crippen LogP contribution in [0.5, 0.6) is 0 Å². The summed E-state index contributed by atoms with van der Waals surface area (Å²) in [6, 6.07) is -0.623. The molecule has 0 aliphatic heterocycles. The highest BCUT2D eigenvalue weighted by Gasteiger charge is 2.30. The lowest BCUT2D eigenvalue weighted by Crippen LogP contribution is -2.45. The molecule has 108 valence electrons. The standard InChI is InChI=1S/C11H23NO5S/c1-11(2,3)9(8-10(13)14)12-18(15,16)7-5-6-17-4/h9,12H,5-8H2,1-4H3,(H,13,14). The summed E-state index contributed by atoms with van der Waals surface area (Å²) in [6.07, 6.45) is 0.156. The normalized spacial score (nSPS) is 14.4. The third-order valence-electron chi connectivity index (χ3n) is 2.51. The first-order chi connectivity index (χ1) is 8.08. The number of hydrogen-bond acceptors (Lipinski definition) is 4. The minimum absolute atomic E-state index is 0.0625. The van der Waals surface area contributed by atoms with Crippen LogP contribution in [-0.2, 0) is 19.6 Å². The van der Waals surface area contributed by atoms with E-state index in [-0.39, 0.29) is 12.2 Å². The first-order valence-electron chi connectivity index (χ1n) is 5.79. The zero-order valence-corrected chi connectivity index (χ0v) is 12.2. The molecule has 0 bridgehead atoms. The zero-order valence-electron chi connectivity index (χ0n) is 11.4. The molecule has 0 aromatic heterocycles. The molecule has 6 nitrogen and oxygen atoms in total. The quantitative estimate of drug-likeness (QED) is 0.643. The molecule has 0 spiro atoms. The fourth-order valence-electron chi connectivity index (χ4n) is 1.37. The van der Waals surface area contributed by atoms with E-state index in [9.17, 15) is 13.2 Å². The van der Waals surface area contributed by atoms with E-state index in [0.29, 0.717) is 13.0 Å². The van der Waals surface area contributed by atoms with Crippen LogP contribution in [0.1, 0.15) is 33.6 Å². The summed E-state index contributed by atoms with van der Waals surface area (Å²) < 4.78 is 30.8. The predicted molar refractivity (Wildman–Crippen MR) is 68.9 cm³/mol. The summed E-state index contributed by atoms with van der Waals surface area (Å²) in [5, 5.41) is 8.80. The van der Waals surface area contributed by atoms with Gasteiger partial charge in [0, 0.05) is 19.8 Å². The van der Waals surface area contributed by atoms with Gasteiger partial charge in [0.15, 0.2) is 0 Å². The second kappa shape index (κ2) is 7.06. The Kier molecular flexibility index (Phi) is 6.80. The van der Waals surface area contributed by atoms with Crippen LogP contribution in [0.4, 0.5) is 0 Å². The zero-order chi connectivity index (χ0) is 14.4. The van der Waals surface area contributed by atoms with Gasteiger partial charge in [-0.1, -0.05) is 20.8 Å². The van der Waals surface area contributed by atoms with Gasteiger partial charge in [-0.05, 0) is 11.8 Å². The summed E-state index contributed by atoms with van der Waals surface area (Å²) >= 11 is 0. The SMILES string of the molecule is COCCCS(=O)(=O)NC(CC(=O)O)C(C)(C)C. The smallest absolute Gasteiger partial charge is 0.304 e. The maximum absolute atomic E-state index is 11.8. The highest BCUT2D eigenvalue weighted by molar-refractivity contribution is 7.89. The molecule has 0 saturated heterocycles. The summed E-state index contributed by atoms with van der Waals surface area (Å²) in [5.74, 6) is -1.08. The van der Waals surface area contributed by atoms with Gasteiger partial charge in [-0.15, -0.1) is 0 Å². The Morgan fingerprint density at radius 2 is 1.94 bits per heavy atom. The van der Waals surface area contributed by atoms with Crippen LogP contribution in [0.3, 0.4) is 0 Å². The summed E-state index contributed by atoms with van der Waals surface area (Å²) in [4.78, 5) is 10.7. The van der Waals surface area contributed by atoms with Crippen LogP contribution in [0.25, 0.3) is 0 Å². The van der Waals surface area contributed by atoms with E-state index in [1.54, 1.807) is 20.8 Å². The molecular formula is C11H23NO5S. The van der Waals surface area contributed by atoms with Crippen molar-refractivity contribution >= 4 is 16.0 Å². The minimum atomic E-state index is -3.48. The number of carboxylic acids is 1. The Balaban J connectivity index is 4.61. The van der Waals surface area contributed by atoms with E-state index in [4.69, 9.17) is 9.84 Å². The van der Waals surface area contributed by atoms with Crippen LogP contribution in [0.2, 0.25) is 0 Å². The number of hydrogen-bond donors (Lipinski definition) is 2. The monoisotopic (exact) mass is 281 g/mol. The number of aliphatic carboxylic acids is 1. The minimum Gasteiger partial charge on any atom is -0.481 e. The first kappa shape index (κ1) is 17.3. The van der Waals surface area contributed by atoms with E-state index in [2.05, 4.69) is 4.72 Å². The number of methoxy groups -OCH3 is 1. The van der Waals surface area contributed by atoms with Crippen molar-refractivity contribution in [2.45, 2.75) is 39.7 Å². The molecule has 0 aliphatic carbocycles. The van der Waals surface area contributed by atoms with Crippen molar-refractivity contribution in [3.8, 4) is 0 Å². The number of carboxylic acid groups (broad SMARTS) is 1. The number of ether oxygens (including phenoxy) is 1. The first-order valence-corrected chi connectivity index (χ1v) is 7.44. The van der Waals surface area contributed by atoms with Crippen LogP contribution < -0.4 is 4.72 Å². The van der Waals surface area contributed by atoms with Gasteiger partial charge in [-0.25, -0.2) is 13.1 Å².